The Labute approximate surface area is 98.8 Å². The van der Waals surface area contributed by atoms with Crippen molar-refractivity contribution in [2.75, 3.05) is 18.5 Å². The average molecular weight is 236 g/mol. The first-order valence-electron chi connectivity index (χ1n) is 6.01. The van der Waals surface area contributed by atoms with Gasteiger partial charge in [0.05, 0.1) is 6.10 Å². The minimum atomic E-state index is -0.290. The van der Waals surface area contributed by atoms with Crippen LogP contribution in [0.3, 0.4) is 0 Å². The van der Waals surface area contributed by atoms with Gasteiger partial charge in [-0.25, -0.2) is 4.79 Å². The Morgan fingerprint density at radius 3 is 3.24 bits per heavy atom. The van der Waals surface area contributed by atoms with Crippen LogP contribution in [-0.2, 0) is 17.8 Å². The number of aromatic amines is 1. The maximum atomic E-state index is 11.4. The molecule has 6 nitrogen and oxygen atoms in total. The van der Waals surface area contributed by atoms with Gasteiger partial charge in [0.25, 0.3) is 0 Å². The fourth-order valence-electron chi connectivity index (χ4n) is 2.36. The molecule has 0 bridgehead atoms. The van der Waals surface area contributed by atoms with Gasteiger partial charge in [0.15, 0.2) is 0 Å². The van der Waals surface area contributed by atoms with Crippen molar-refractivity contribution in [2.45, 2.75) is 32.0 Å². The first-order valence-corrected chi connectivity index (χ1v) is 6.01. The van der Waals surface area contributed by atoms with Crippen LogP contribution >= 0.6 is 0 Å². The van der Waals surface area contributed by atoms with Crippen LogP contribution in [0.1, 0.15) is 24.1 Å². The number of H-pyrrole nitrogens is 1. The van der Waals surface area contributed by atoms with Crippen LogP contribution in [0.2, 0.25) is 0 Å². The summed E-state index contributed by atoms with van der Waals surface area (Å²) in [6, 6.07) is 0. The van der Waals surface area contributed by atoms with Crippen molar-refractivity contribution in [1.82, 2.24) is 15.3 Å². The van der Waals surface area contributed by atoms with E-state index in [2.05, 4.69) is 20.6 Å². The van der Waals surface area contributed by atoms with E-state index >= 15 is 0 Å². The van der Waals surface area contributed by atoms with Crippen LogP contribution in [0.4, 0.5) is 5.82 Å². The van der Waals surface area contributed by atoms with Gasteiger partial charge in [-0.15, -0.1) is 0 Å². The molecule has 0 aliphatic carbocycles. The zero-order valence-electron chi connectivity index (χ0n) is 9.58. The number of nitrogens with one attached hydrogen (secondary N) is 3. The number of hydrogen-bond donors (Lipinski definition) is 3. The van der Waals surface area contributed by atoms with Crippen LogP contribution in [0.5, 0.6) is 0 Å². The number of nitrogens with zero attached hydrogens (tertiary/aromatic N) is 1. The lowest BCUT2D eigenvalue weighted by atomic mass is 10.2. The summed E-state index contributed by atoms with van der Waals surface area (Å²) in [6.07, 6.45) is 2.45. The molecule has 1 unspecified atom stereocenters. The first kappa shape index (κ1) is 10.7. The Morgan fingerprint density at radius 2 is 2.41 bits per heavy atom. The highest BCUT2D eigenvalue weighted by molar-refractivity contribution is 5.47. The molecule has 0 radical (unpaired) electrons. The monoisotopic (exact) mass is 236 g/mol. The number of rotatable bonds is 3. The summed E-state index contributed by atoms with van der Waals surface area (Å²) in [7, 11) is 0. The van der Waals surface area contributed by atoms with Crippen LogP contribution in [-0.4, -0.2) is 29.2 Å². The summed E-state index contributed by atoms with van der Waals surface area (Å²) in [4.78, 5) is 18.1. The number of aromatic nitrogens is 2. The molecule has 92 valence electrons. The molecule has 17 heavy (non-hydrogen) atoms. The lowest BCUT2D eigenvalue weighted by Gasteiger charge is -2.13. The third-order valence-corrected chi connectivity index (χ3v) is 3.25. The molecular weight excluding hydrogens is 220 g/mol. The Kier molecular flexibility index (Phi) is 2.82. The predicted molar refractivity (Wildman–Crippen MR) is 62.9 cm³/mol. The second-order valence-corrected chi connectivity index (χ2v) is 4.47. The molecule has 0 spiro atoms. The molecule has 2 aliphatic heterocycles. The van der Waals surface area contributed by atoms with Gasteiger partial charge in [0, 0.05) is 37.5 Å². The zero-order valence-corrected chi connectivity index (χ0v) is 9.58. The largest absolute Gasteiger partial charge is 0.376 e. The molecule has 0 aromatic carbocycles. The molecule has 1 saturated heterocycles. The Morgan fingerprint density at radius 1 is 1.47 bits per heavy atom. The van der Waals surface area contributed by atoms with Crippen molar-refractivity contribution in [3.05, 3.63) is 21.7 Å². The van der Waals surface area contributed by atoms with E-state index in [-0.39, 0.29) is 11.8 Å². The summed E-state index contributed by atoms with van der Waals surface area (Å²) in [6.45, 7) is 3.03. The van der Waals surface area contributed by atoms with Gasteiger partial charge in [0.2, 0.25) is 0 Å². The first-order chi connectivity index (χ1) is 8.33. The maximum absolute atomic E-state index is 11.4. The Hall–Kier alpha value is -1.40. The lowest BCUT2D eigenvalue weighted by Crippen LogP contribution is -2.23. The van der Waals surface area contributed by atoms with E-state index in [1.165, 1.54) is 0 Å². The maximum Gasteiger partial charge on any atom is 0.347 e. The molecule has 1 aromatic heterocycles. The molecule has 1 atom stereocenters. The fourth-order valence-corrected chi connectivity index (χ4v) is 2.36. The minimum Gasteiger partial charge on any atom is -0.376 e. The topological polar surface area (TPSA) is 79.0 Å². The van der Waals surface area contributed by atoms with Crippen molar-refractivity contribution >= 4 is 5.82 Å². The van der Waals surface area contributed by atoms with Crippen LogP contribution in [0.15, 0.2) is 4.79 Å². The van der Waals surface area contributed by atoms with Gasteiger partial charge in [0.1, 0.15) is 5.82 Å². The van der Waals surface area contributed by atoms with E-state index in [4.69, 9.17) is 4.74 Å². The summed E-state index contributed by atoms with van der Waals surface area (Å²) >= 11 is 0. The smallest absolute Gasteiger partial charge is 0.347 e. The van der Waals surface area contributed by atoms with Crippen molar-refractivity contribution in [1.29, 1.82) is 0 Å². The highest BCUT2D eigenvalue weighted by Gasteiger charge is 2.19. The number of fused-ring (bicyclic) bond motifs is 1. The average Bonchev–Trinajstić information content (AvgIpc) is 2.95. The summed E-state index contributed by atoms with van der Waals surface area (Å²) < 4.78 is 5.53. The normalized spacial score (nSPS) is 22.7. The van der Waals surface area contributed by atoms with Gasteiger partial charge in [-0.05, 0) is 12.8 Å². The van der Waals surface area contributed by atoms with Crippen LogP contribution in [0.25, 0.3) is 0 Å². The van der Waals surface area contributed by atoms with Gasteiger partial charge in [-0.1, -0.05) is 0 Å². The molecule has 1 fully saturated rings. The third-order valence-electron chi connectivity index (χ3n) is 3.25. The molecule has 2 aliphatic rings. The highest BCUT2D eigenvalue weighted by atomic mass is 16.5. The fraction of sp³-hybridized carbons (Fsp3) is 0.636. The molecule has 6 heteroatoms. The Balaban J connectivity index is 1.75. The van der Waals surface area contributed by atoms with E-state index in [9.17, 15) is 4.79 Å². The highest BCUT2D eigenvalue weighted by Crippen LogP contribution is 2.19. The second kappa shape index (κ2) is 4.46. The number of ether oxygens (including phenoxy) is 1. The van der Waals surface area contributed by atoms with E-state index in [0.717, 1.165) is 43.8 Å². The predicted octanol–water partition coefficient (Wildman–Crippen LogP) is -0.0360. The molecule has 3 N–H and O–H groups in total. The quantitative estimate of drug-likeness (QED) is 0.686. The third kappa shape index (κ3) is 2.18. The van der Waals surface area contributed by atoms with Crippen LogP contribution < -0.4 is 16.3 Å². The van der Waals surface area contributed by atoms with Crippen molar-refractivity contribution in [3.63, 3.8) is 0 Å². The van der Waals surface area contributed by atoms with E-state index in [1.54, 1.807) is 0 Å². The standard InChI is InChI=1S/C11H16N4O2/c16-11-14-9-6-12-5-8(9)10(15-11)13-4-7-2-1-3-17-7/h7,12H,1-6H2,(H2,13,14,15,16). The number of hydrogen-bond acceptors (Lipinski definition) is 5. The van der Waals surface area contributed by atoms with E-state index in [0.29, 0.717) is 12.4 Å². The second-order valence-electron chi connectivity index (χ2n) is 4.47. The van der Waals surface area contributed by atoms with E-state index < -0.39 is 0 Å². The van der Waals surface area contributed by atoms with Gasteiger partial charge in [-0.3, -0.25) is 0 Å². The minimum absolute atomic E-state index is 0.251. The summed E-state index contributed by atoms with van der Waals surface area (Å²) in [5, 5.41) is 6.43. The van der Waals surface area contributed by atoms with Crippen molar-refractivity contribution < 1.29 is 4.74 Å². The van der Waals surface area contributed by atoms with Gasteiger partial charge < -0.3 is 20.4 Å². The summed E-state index contributed by atoms with van der Waals surface area (Å²) in [5.41, 5.74) is 1.73. The summed E-state index contributed by atoms with van der Waals surface area (Å²) in [5.74, 6) is 0.698. The zero-order chi connectivity index (χ0) is 11.7. The van der Waals surface area contributed by atoms with E-state index in [1.807, 2.05) is 0 Å². The molecule has 3 rings (SSSR count). The Bertz CT molecular complexity index is 465. The van der Waals surface area contributed by atoms with Gasteiger partial charge >= 0.3 is 5.69 Å². The van der Waals surface area contributed by atoms with Crippen molar-refractivity contribution in [2.24, 2.45) is 0 Å². The number of anilines is 1. The van der Waals surface area contributed by atoms with Gasteiger partial charge in [-0.2, -0.15) is 4.98 Å². The molecule has 3 heterocycles. The molecule has 0 amide bonds. The molecular formula is C11H16N4O2. The van der Waals surface area contributed by atoms with Crippen molar-refractivity contribution in [3.8, 4) is 0 Å². The molecule has 0 saturated carbocycles. The van der Waals surface area contributed by atoms with Crippen LogP contribution in [0, 0.1) is 0 Å². The molecule has 1 aromatic rings. The SMILES string of the molecule is O=c1nc(NCC2CCCO2)c2c([nH]1)CNC2. The lowest BCUT2D eigenvalue weighted by molar-refractivity contribution is 0.120.